The molecule has 2 N–H and O–H groups in total. The van der Waals surface area contributed by atoms with Crippen molar-refractivity contribution in [3.63, 3.8) is 0 Å². The van der Waals surface area contributed by atoms with Gasteiger partial charge in [0.1, 0.15) is 5.75 Å². The Kier molecular flexibility index (Phi) is 6.52. The molecule has 1 aromatic carbocycles. The number of hydrogen-bond donors (Lipinski definition) is 1. The van der Waals surface area contributed by atoms with Crippen molar-refractivity contribution in [2.75, 3.05) is 19.8 Å². The van der Waals surface area contributed by atoms with E-state index < -0.39 is 0 Å². The molecule has 1 unspecified atom stereocenters. The summed E-state index contributed by atoms with van der Waals surface area (Å²) in [5.74, 6) is 1.79. The summed E-state index contributed by atoms with van der Waals surface area (Å²) in [5, 5.41) is 0. The molecule has 21 heavy (non-hydrogen) atoms. The van der Waals surface area contributed by atoms with Crippen molar-refractivity contribution in [3.05, 3.63) is 29.3 Å². The van der Waals surface area contributed by atoms with E-state index >= 15 is 0 Å². The van der Waals surface area contributed by atoms with Crippen molar-refractivity contribution < 1.29 is 9.47 Å². The average molecular weight is 291 g/mol. The molecule has 2 rings (SSSR count). The van der Waals surface area contributed by atoms with E-state index in [0.717, 1.165) is 50.8 Å². The van der Waals surface area contributed by atoms with Crippen LogP contribution >= 0.6 is 0 Å². The zero-order chi connectivity index (χ0) is 15.1. The maximum atomic E-state index is 6.13. The Labute approximate surface area is 128 Å². The molecule has 0 spiro atoms. The zero-order valence-electron chi connectivity index (χ0n) is 13.4. The first-order valence-electron chi connectivity index (χ1n) is 8.30. The van der Waals surface area contributed by atoms with Crippen LogP contribution < -0.4 is 10.5 Å². The predicted molar refractivity (Wildman–Crippen MR) is 86.8 cm³/mol. The fourth-order valence-corrected chi connectivity index (χ4v) is 2.34. The third-order valence-electron chi connectivity index (χ3n) is 4.04. The van der Waals surface area contributed by atoms with E-state index in [1.165, 1.54) is 24.0 Å². The molecule has 0 aromatic heterocycles. The summed E-state index contributed by atoms with van der Waals surface area (Å²) in [6.07, 6.45) is 5.46. The summed E-state index contributed by atoms with van der Waals surface area (Å²) in [6.45, 7) is 6.57. The van der Waals surface area contributed by atoms with Crippen LogP contribution in [-0.4, -0.2) is 25.9 Å². The Morgan fingerprint density at radius 1 is 1.29 bits per heavy atom. The van der Waals surface area contributed by atoms with Crippen LogP contribution in [0.2, 0.25) is 0 Å². The molecular formula is C18H29NO2. The molecule has 1 aliphatic rings. The highest BCUT2D eigenvalue weighted by molar-refractivity contribution is 5.38. The lowest BCUT2D eigenvalue weighted by Crippen LogP contribution is -2.22. The molecule has 0 saturated heterocycles. The van der Waals surface area contributed by atoms with Crippen molar-refractivity contribution in [3.8, 4) is 5.75 Å². The minimum Gasteiger partial charge on any atom is -0.493 e. The summed E-state index contributed by atoms with van der Waals surface area (Å²) in [4.78, 5) is 0. The first-order chi connectivity index (χ1) is 10.2. The smallest absolute Gasteiger partial charge is 0.122 e. The van der Waals surface area contributed by atoms with Crippen LogP contribution in [-0.2, 0) is 17.6 Å². The Hall–Kier alpha value is -1.06. The van der Waals surface area contributed by atoms with Gasteiger partial charge in [-0.15, -0.1) is 0 Å². The van der Waals surface area contributed by atoms with Gasteiger partial charge in [-0.1, -0.05) is 19.1 Å². The minimum atomic E-state index is 0.204. The van der Waals surface area contributed by atoms with Crippen molar-refractivity contribution >= 4 is 0 Å². The summed E-state index contributed by atoms with van der Waals surface area (Å²) in [7, 11) is 0. The van der Waals surface area contributed by atoms with Crippen molar-refractivity contribution in [2.45, 2.75) is 52.0 Å². The van der Waals surface area contributed by atoms with E-state index in [1.807, 2.05) is 6.92 Å². The highest BCUT2D eigenvalue weighted by Crippen LogP contribution is 2.31. The lowest BCUT2D eigenvalue weighted by atomic mass is 10.0. The first-order valence-corrected chi connectivity index (χ1v) is 8.30. The molecule has 1 saturated carbocycles. The first kappa shape index (κ1) is 16.3. The van der Waals surface area contributed by atoms with Crippen molar-refractivity contribution in [1.82, 2.24) is 0 Å². The molecule has 1 fully saturated rings. The van der Waals surface area contributed by atoms with Gasteiger partial charge in [0.15, 0.2) is 0 Å². The third kappa shape index (κ3) is 5.68. The highest BCUT2D eigenvalue weighted by Gasteiger charge is 2.22. The maximum Gasteiger partial charge on any atom is 0.122 e. The molecule has 1 aromatic rings. The predicted octanol–water partition coefficient (Wildman–Crippen LogP) is 3.33. The van der Waals surface area contributed by atoms with Gasteiger partial charge in [0.25, 0.3) is 0 Å². The lowest BCUT2D eigenvalue weighted by Gasteiger charge is -2.16. The largest absolute Gasteiger partial charge is 0.493 e. The van der Waals surface area contributed by atoms with E-state index in [2.05, 4.69) is 25.1 Å². The van der Waals surface area contributed by atoms with Crippen LogP contribution in [0.3, 0.4) is 0 Å². The maximum absolute atomic E-state index is 6.13. The minimum absolute atomic E-state index is 0.204. The Morgan fingerprint density at radius 2 is 2.10 bits per heavy atom. The number of nitrogens with two attached hydrogens (primary N) is 1. The molecule has 0 radical (unpaired) electrons. The number of hydrogen-bond acceptors (Lipinski definition) is 3. The molecule has 3 nitrogen and oxygen atoms in total. The average Bonchev–Trinajstić information content (AvgIpc) is 3.31. The second-order valence-corrected chi connectivity index (χ2v) is 6.02. The van der Waals surface area contributed by atoms with Gasteiger partial charge < -0.3 is 15.2 Å². The van der Waals surface area contributed by atoms with E-state index in [-0.39, 0.29) is 6.04 Å². The fraction of sp³-hybridized carbons (Fsp3) is 0.667. The van der Waals surface area contributed by atoms with Crippen LogP contribution in [0.5, 0.6) is 5.75 Å². The van der Waals surface area contributed by atoms with Crippen LogP contribution in [0.15, 0.2) is 18.2 Å². The SMILES string of the molecule is CCOCCc1ccc(OCC2CC2)c(CC(N)CC)c1. The van der Waals surface area contributed by atoms with E-state index in [9.17, 15) is 0 Å². The lowest BCUT2D eigenvalue weighted by molar-refractivity contribution is 0.151. The highest BCUT2D eigenvalue weighted by atomic mass is 16.5. The number of rotatable bonds is 10. The quantitative estimate of drug-likeness (QED) is 0.672. The molecule has 3 heteroatoms. The van der Waals surface area contributed by atoms with Gasteiger partial charge in [-0.05, 0) is 62.1 Å². The van der Waals surface area contributed by atoms with E-state index in [1.54, 1.807) is 0 Å². The van der Waals surface area contributed by atoms with E-state index in [0.29, 0.717) is 0 Å². The number of ether oxygens (including phenoxy) is 2. The monoisotopic (exact) mass is 291 g/mol. The van der Waals surface area contributed by atoms with Gasteiger partial charge in [0.05, 0.1) is 13.2 Å². The third-order valence-corrected chi connectivity index (χ3v) is 4.04. The zero-order valence-corrected chi connectivity index (χ0v) is 13.4. The molecule has 0 heterocycles. The molecule has 0 bridgehead atoms. The van der Waals surface area contributed by atoms with Crippen LogP contribution in [0.1, 0.15) is 44.2 Å². The van der Waals surface area contributed by atoms with Crippen LogP contribution in [0, 0.1) is 5.92 Å². The molecule has 1 atom stereocenters. The van der Waals surface area contributed by atoms with Gasteiger partial charge in [-0.25, -0.2) is 0 Å². The fourth-order valence-electron chi connectivity index (χ4n) is 2.34. The summed E-state index contributed by atoms with van der Waals surface area (Å²) < 4.78 is 11.4. The van der Waals surface area contributed by atoms with Crippen molar-refractivity contribution in [1.29, 1.82) is 0 Å². The van der Waals surface area contributed by atoms with Crippen molar-refractivity contribution in [2.24, 2.45) is 11.7 Å². The van der Waals surface area contributed by atoms with E-state index in [4.69, 9.17) is 15.2 Å². The second-order valence-electron chi connectivity index (χ2n) is 6.02. The van der Waals surface area contributed by atoms with Crippen LogP contribution in [0.25, 0.3) is 0 Å². The Morgan fingerprint density at radius 3 is 2.76 bits per heavy atom. The molecular weight excluding hydrogens is 262 g/mol. The van der Waals surface area contributed by atoms with Gasteiger partial charge in [-0.2, -0.15) is 0 Å². The molecule has 1 aliphatic carbocycles. The number of benzene rings is 1. The molecule has 0 aliphatic heterocycles. The standard InChI is InChI=1S/C18H29NO2/c1-3-17(19)12-16-11-14(9-10-20-4-2)7-8-18(16)21-13-15-5-6-15/h7-8,11,15,17H,3-6,9-10,12-13,19H2,1-2H3. The van der Waals surface area contributed by atoms with Gasteiger partial charge in [0.2, 0.25) is 0 Å². The second kappa shape index (κ2) is 8.40. The molecule has 0 amide bonds. The van der Waals surface area contributed by atoms with Gasteiger partial charge in [0, 0.05) is 12.6 Å². The van der Waals surface area contributed by atoms with Crippen LogP contribution in [0.4, 0.5) is 0 Å². The van der Waals surface area contributed by atoms with Gasteiger partial charge in [-0.3, -0.25) is 0 Å². The summed E-state index contributed by atoms with van der Waals surface area (Å²) in [5.41, 5.74) is 8.69. The summed E-state index contributed by atoms with van der Waals surface area (Å²) >= 11 is 0. The summed E-state index contributed by atoms with van der Waals surface area (Å²) in [6, 6.07) is 6.72. The Bertz CT molecular complexity index is 429. The Balaban J connectivity index is 2.02. The normalized spacial score (nSPS) is 16.0. The molecule has 118 valence electrons. The topological polar surface area (TPSA) is 44.5 Å². The van der Waals surface area contributed by atoms with Gasteiger partial charge >= 0.3 is 0 Å².